The van der Waals surface area contributed by atoms with E-state index in [0.717, 1.165) is 0 Å². The highest BCUT2D eigenvalue weighted by molar-refractivity contribution is 8.00. The summed E-state index contributed by atoms with van der Waals surface area (Å²) < 4.78 is 5.38. The molecule has 11 heteroatoms. The van der Waals surface area contributed by atoms with E-state index >= 15 is 0 Å². The molecule has 4 N–H and O–H groups in total. The second-order valence-corrected chi connectivity index (χ2v) is 7.88. The van der Waals surface area contributed by atoms with Crippen LogP contribution in [0.2, 0.25) is 0 Å². The summed E-state index contributed by atoms with van der Waals surface area (Å²) in [6.07, 6.45) is 3.68. The van der Waals surface area contributed by atoms with Crippen LogP contribution in [0.3, 0.4) is 0 Å². The number of β-lactam (4-membered cyclic amide) rings is 1. The predicted molar refractivity (Wildman–Crippen MR) is 94.7 cm³/mol. The molecule has 136 valence electrons. The van der Waals surface area contributed by atoms with Gasteiger partial charge in [-0.25, -0.2) is 9.78 Å². The standard InChI is InChI=1S/C15H14N4O5S2/c16-15-17-6(4-26-15)9(8-2-1-3-24-8)11(20)18-10-12(21)19-7(14(22)23)5-25-13(10)19/h1,3-4,7,10,13H,2,5H2,(H2,16,17)(H,18,20)(H,22,23)/t7?,10?,13-/m1/s1. The zero-order valence-corrected chi connectivity index (χ0v) is 14.9. The number of thiazole rings is 1. The lowest BCUT2D eigenvalue weighted by Crippen LogP contribution is -2.70. The Morgan fingerprint density at radius 2 is 2.27 bits per heavy atom. The van der Waals surface area contributed by atoms with Crippen molar-refractivity contribution in [3.8, 4) is 0 Å². The molecule has 2 fully saturated rings. The van der Waals surface area contributed by atoms with Crippen molar-refractivity contribution in [2.75, 3.05) is 11.5 Å². The maximum atomic E-state index is 12.8. The maximum absolute atomic E-state index is 12.8. The summed E-state index contributed by atoms with van der Waals surface area (Å²) in [7, 11) is 0. The van der Waals surface area contributed by atoms with Crippen molar-refractivity contribution in [1.82, 2.24) is 15.2 Å². The van der Waals surface area contributed by atoms with E-state index in [4.69, 9.17) is 15.6 Å². The van der Waals surface area contributed by atoms with Crippen molar-refractivity contribution in [3.05, 3.63) is 29.2 Å². The second kappa shape index (κ2) is 6.32. The fourth-order valence-electron chi connectivity index (χ4n) is 3.08. The molecule has 9 nitrogen and oxygen atoms in total. The zero-order valence-electron chi connectivity index (χ0n) is 13.2. The van der Waals surface area contributed by atoms with Crippen LogP contribution in [0.1, 0.15) is 12.1 Å². The molecule has 3 aliphatic heterocycles. The molecule has 0 saturated carbocycles. The summed E-state index contributed by atoms with van der Waals surface area (Å²) in [5.41, 5.74) is 6.28. The van der Waals surface area contributed by atoms with Gasteiger partial charge in [0.05, 0.1) is 12.0 Å². The average Bonchev–Trinajstić information content (AvgIpc) is 3.32. The molecule has 4 heterocycles. The number of hydrogen-bond acceptors (Lipinski definition) is 8. The first-order chi connectivity index (χ1) is 12.5. The molecular weight excluding hydrogens is 380 g/mol. The number of carboxylic acids is 1. The molecule has 0 spiro atoms. The monoisotopic (exact) mass is 394 g/mol. The third-order valence-corrected chi connectivity index (χ3v) is 6.33. The van der Waals surface area contributed by atoms with E-state index in [2.05, 4.69) is 10.3 Å². The second-order valence-electron chi connectivity index (χ2n) is 5.84. The fraction of sp³-hybridized carbons (Fsp3) is 0.333. The molecule has 1 aromatic rings. The summed E-state index contributed by atoms with van der Waals surface area (Å²) in [6, 6.07) is -1.61. The van der Waals surface area contributed by atoms with Gasteiger partial charge >= 0.3 is 5.97 Å². The maximum Gasteiger partial charge on any atom is 0.327 e. The molecule has 3 aliphatic rings. The van der Waals surface area contributed by atoms with E-state index in [1.165, 1.54) is 34.3 Å². The van der Waals surface area contributed by atoms with Crippen molar-refractivity contribution in [2.45, 2.75) is 23.9 Å². The summed E-state index contributed by atoms with van der Waals surface area (Å²) in [5, 5.41) is 13.5. The Kier molecular flexibility index (Phi) is 4.11. The third kappa shape index (κ3) is 2.63. The highest BCUT2D eigenvalue weighted by Crippen LogP contribution is 2.40. The number of carbonyl (C=O) groups is 3. The minimum atomic E-state index is -1.04. The average molecular weight is 394 g/mol. The van der Waals surface area contributed by atoms with Gasteiger partial charge in [-0.15, -0.1) is 23.1 Å². The van der Waals surface area contributed by atoms with Crippen LogP contribution >= 0.6 is 23.1 Å². The van der Waals surface area contributed by atoms with Crippen LogP contribution in [-0.4, -0.2) is 56.0 Å². The number of ether oxygens (including phenoxy) is 1. The lowest BCUT2D eigenvalue weighted by molar-refractivity contribution is -0.158. The molecule has 1 aromatic heterocycles. The molecule has 4 rings (SSSR count). The Labute approximate surface area is 155 Å². The van der Waals surface area contributed by atoms with Crippen LogP contribution in [-0.2, 0) is 19.1 Å². The van der Waals surface area contributed by atoms with Gasteiger partial charge in [0.1, 0.15) is 28.8 Å². The van der Waals surface area contributed by atoms with Gasteiger partial charge in [0.2, 0.25) is 5.91 Å². The Balaban J connectivity index is 1.54. The van der Waals surface area contributed by atoms with Crippen molar-refractivity contribution in [2.24, 2.45) is 0 Å². The van der Waals surface area contributed by atoms with Crippen LogP contribution in [0.25, 0.3) is 5.57 Å². The smallest absolute Gasteiger partial charge is 0.327 e. The number of aliphatic carboxylic acids is 1. The van der Waals surface area contributed by atoms with Crippen molar-refractivity contribution in [3.63, 3.8) is 0 Å². The van der Waals surface area contributed by atoms with Crippen LogP contribution in [0, 0.1) is 0 Å². The third-order valence-electron chi connectivity index (χ3n) is 4.31. The Morgan fingerprint density at radius 1 is 1.46 bits per heavy atom. The van der Waals surface area contributed by atoms with Gasteiger partial charge in [-0.2, -0.15) is 0 Å². The number of nitrogens with two attached hydrogens (primary N) is 1. The summed E-state index contributed by atoms with van der Waals surface area (Å²) in [4.78, 5) is 41.8. The Morgan fingerprint density at radius 3 is 2.88 bits per heavy atom. The van der Waals surface area contributed by atoms with E-state index in [9.17, 15) is 14.4 Å². The number of rotatable bonds is 4. The van der Waals surface area contributed by atoms with Crippen LogP contribution in [0.5, 0.6) is 0 Å². The van der Waals surface area contributed by atoms with Crippen molar-refractivity contribution in [1.29, 1.82) is 0 Å². The SMILES string of the molecule is Nc1nc(C(C(=O)NC2C(=O)N3C(C(=O)O)CS[C@H]23)=C2CC=CO2)cs1. The number of carboxylic acid groups (broad SMARTS) is 1. The molecular formula is C15H14N4O5S2. The minimum Gasteiger partial charge on any atom is -0.480 e. The number of fused-ring (bicyclic) bond motifs is 1. The highest BCUT2D eigenvalue weighted by Gasteiger charge is 2.57. The summed E-state index contributed by atoms with van der Waals surface area (Å²) in [6.45, 7) is 0. The highest BCUT2D eigenvalue weighted by atomic mass is 32.2. The van der Waals surface area contributed by atoms with Crippen LogP contribution < -0.4 is 11.1 Å². The number of anilines is 1. The number of nitrogens with one attached hydrogen (secondary N) is 1. The Hall–Kier alpha value is -2.53. The van der Waals surface area contributed by atoms with Gasteiger partial charge < -0.3 is 25.8 Å². The minimum absolute atomic E-state index is 0.229. The molecule has 3 atom stereocenters. The fourth-order valence-corrected chi connectivity index (χ4v) is 5.11. The van der Waals surface area contributed by atoms with E-state index in [1.54, 1.807) is 11.5 Å². The largest absolute Gasteiger partial charge is 0.480 e. The topological polar surface area (TPSA) is 135 Å². The van der Waals surface area contributed by atoms with Gasteiger partial charge in [-0.1, -0.05) is 0 Å². The van der Waals surface area contributed by atoms with Gasteiger partial charge in [0, 0.05) is 17.6 Å². The first kappa shape index (κ1) is 16.9. The number of nitrogens with zero attached hydrogens (tertiary/aromatic N) is 2. The zero-order chi connectivity index (χ0) is 18.4. The molecule has 0 radical (unpaired) electrons. The number of aromatic nitrogens is 1. The Bertz CT molecular complexity index is 854. The van der Waals surface area contributed by atoms with Gasteiger partial charge in [0.15, 0.2) is 5.13 Å². The van der Waals surface area contributed by atoms with E-state index in [-0.39, 0.29) is 10.9 Å². The lowest BCUT2D eigenvalue weighted by atomic mass is 10.0. The first-order valence-corrected chi connectivity index (χ1v) is 9.64. The van der Waals surface area contributed by atoms with Crippen molar-refractivity contribution < 1.29 is 24.2 Å². The van der Waals surface area contributed by atoms with E-state index < -0.39 is 29.9 Å². The predicted octanol–water partition coefficient (Wildman–Crippen LogP) is 0.224. The molecule has 2 amide bonds. The summed E-state index contributed by atoms with van der Waals surface area (Å²) in [5.74, 6) is -1.19. The summed E-state index contributed by atoms with van der Waals surface area (Å²) >= 11 is 2.54. The van der Waals surface area contributed by atoms with Gasteiger partial charge in [0.25, 0.3) is 5.91 Å². The van der Waals surface area contributed by atoms with E-state index in [0.29, 0.717) is 28.8 Å². The molecule has 0 aliphatic carbocycles. The molecule has 0 aromatic carbocycles. The number of carbonyl (C=O) groups excluding carboxylic acids is 2. The number of thioether (sulfide) groups is 1. The number of allylic oxidation sites excluding steroid dienone is 1. The lowest BCUT2D eigenvalue weighted by Gasteiger charge is -2.43. The number of amides is 2. The molecule has 0 bridgehead atoms. The van der Waals surface area contributed by atoms with Crippen molar-refractivity contribution >= 4 is 51.6 Å². The first-order valence-electron chi connectivity index (χ1n) is 7.71. The molecule has 26 heavy (non-hydrogen) atoms. The number of hydrogen-bond donors (Lipinski definition) is 3. The molecule has 2 unspecified atom stereocenters. The van der Waals surface area contributed by atoms with Gasteiger partial charge in [-0.3, -0.25) is 9.59 Å². The van der Waals surface area contributed by atoms with E-state index in [1.807, 2.05) is 0 Å². The molecule has 2 saturated heterocycles. The quantitative estimate of drug-likeness (QED) is 0.488. The van der Waals surface area contributed by atoms with Gasteiger partial charge in [-0.05, 0) is 6.08 Å². The van der Waals surface area contributed by atoms with Crippen LogP contribution in [0.4, 0.5) is 5.13 Å². The van der Waals surface area contributed by atoms with Crippen LogP contribution in [0.15, 0.2) is 23.5 Å². The normalized spacial score (nSPS) is 28.4. The number of nitrogen functional groups attached to an aromatic ring is 1.